The number of tetrazole rings is 1. The first-order chi connectivity index (χ1) is 9.66. The van der Waals surface area contributed by atoms with Gasteiger partial charge in [0.25, 0.3) is 0 Å². The van der Waals surface area contributed by atoms with Crippen LogP contribution < -0.4 is 5.32 Å². The molecule has 2 aromatic rings. The van der Waals surface area contributed by atoms with Crippen molar-refractivity contribution in [2.24, 2.45) is 0 Å². The monoisotopic (exact) mass is 274 g/mol. The van der Waals surface area contributed by atoms with Crippen molar-refractivity contribution in [3.8, 4) is 0 Å². The quantitative estimate of drug-likeness (QED) is 0.850. The molecule has 2 rings (SSSR count). The van der Waals surface area contributed by atoms with Crippen LogP contribution in [0.5, 0.6) is 0 Å². The van der Waals surface area contributed by atoms with Crippen molar-refractivity contribution in [3.05, 3.63) is 35.9 Å². The Morgan fingerprint density at radius 2 is 2.35 bits per heavy atom. The Morgan fingerprint density at radius 1 is 1.50 bits per heavy atom. The minimum absolute atomic E-state index is 0.00984. The predicted molar refractivity (Wildman–Crippen MR) is 72.6 cm³/mol. The van der Waals surface area contributed by atoms with Crippen LogP contribution in [0.15, 0.2) is 24.7 Å². The molecule has 1 amide bonds. The van der Waals surface area contributed by atoms with Gasteiger partial charge in [0.05, 0.1) is 11.7 Å². The molecule has 0 bridgehead atoms. The molecule has 0 saturated carbocycles. The highest BCUT2D eigenvalue weighted by atomic mass is 16.1. The van der Waals surface area contributed by atoms with Crippen LogP contribution in [0.25, 0.3) is 0 Å². The molecule has 0 aliphatic carbocycles. The third-order valence-corrected chi connectivity index (χ3v) is 3.02. The second kappa shape index (κ2) is 6.74. The van der Waals surface area contributed by atoms with E-state index >= 15 is 0 Å². The number of aryl methyl sites for hydroxylation is 2. The van der Waals surface area contributed by atoms with Crippen molar-refractivity contribution in [1.82, 2.24) is 30.5 Å². The molecule has 0 radical (unpaired) electrons. The summed E-state index contributed by atoms with van der Waals surface area (Å²) < 4.78 is 1.61. The fraction of sp³-hybridized carbons (Fsp3) is 0.462. The zero-order valence-electron chi connectivity index (χ0n) is 11.7. The molecule has 0 fully saturated rings. The van der Waals surface area contributed by atoms with Gasteiger partial charge in [-0.15, -0.1) is 5.10 Å². The van der Waals surface area contributed by atoms with E-state index in [1.165, 1.54) is 6.33 Å². The molecule has 0 unspecified atom stereocenters. The Balaban J connectivity index is 1.78. The van der Waals surface area contributed by atoms with Gasteiger partial charge in [0.15, 0.2) is 0 Å². The third kappa shape index (κ3) is 3.84. The van der Waals surface area contributed by atoms with Crippen LogP contribution in [0.1, 0.15) is 37.1 Å². The average molecular weight is 274 g/mol. The van der Waals surface area contributed by atoms with Crippen LogP contribution in [-0.2, 0) is 11.3 Å². The van der Waals surface area contributed by atoms with Crippen LogP contribution >= 0.6 is 0 Å². The van der Waals surface area contributed by atoms with E-state index in [0.29, 0.717) is 19.4 Å². The lowest BCUT2D eigenvalue weighted by atomic mass is 10.1. The van der Waals surface area contributed by atoms with Gasteiger partial charge in [-0.1, -0.05) is 6.07 Å². The van der Waals surface area contributed by atoms with Gasteiger partial charge < -0.3 is 5.32 Å². The van der Waals surface area contributed by atoms with Gasteiger partial charge in [-0.25, -0.2) is 4.68 Å². The minimum atomic E-state index is -0.0864. The molecule has 7 nitrogen and oxygen atoms in total. The molecule has 7 heteroatoms. The summed E-state index contributed by atoms with van der Waals surface area (Å²) >= 11 is 0. The number of amides is 1. The van der Waals surface area contributed by atoms with Gasteiger partial charge in [-0.05, 0) is 42.3 Å². The number of hydrogen-bond acceptors (Lipinski definition) is 5. The summed E-state index contributed by atoms with van der Waals surface area (Å²) in [5.41, 5.74) is 1.98. The first kappa shape index (κ1) is 14.1. The van der Waals surface area contributed by atoms with Crippen LogP contribution in [0.3, 0.4) is 0 Å². The van der Waals surface area contributed by atoms with Crippen LogP contribution in [-0.4, -0.2) is 31.1 Å². The van der Waals surface area contributed by atoms with E-state index in [-0.39, 0.29) is 11.9 Å². The third-order valence-electron chi connectivity index (χ3n) is 3.02. The molecule has 106 valence electrons. The molecule has 0 saturated heterocycles. The topological polar surface area (TPSA) is 85.6 Å². The fourth-order valence-corrected chi connectivity index (χ4v) is 2.02. The number of pyridine rings is 1. The van der Waals surface area contributed by atoms with E-state index in [4.69, 9.17) is 0 Å². The molecule has 2 aromatic heterocycles. The van der Waals surface area contributed by atoms with Crippen molar-refractivity contribution >= 4 is 5.91 Å². The smallest absolute Gasteiger partial charge is 0.220 e. The Bertz CT molecular complexity index is 554. The van der Waals surface area contributed by atoms with Gasteiger partial charge in [0.1, 0.15) is 6.33 Å². The van der Waals surface area contributed by atoms with Crippen molar-refractivity contribution in [2.45, 2.75) is 39.3 Å². The molecule has 2 heterocycles. The predicted octanol–water partition coefficient (Wildman–Crippen LogP) is 1.03. The summed E-state index contributed by atoms with van der Waals surface area (Å²) in [7, 11) is 0. The molecular weight excluding hydrogens is 256 g/mol. The van der Waals surface area contributed by atoms with E-state index in [1.54, 1.807) is 10.9 Å². The van der Waals surface area contributed by atoms with Gasteiger partial charge in [0.2, 0.25) is 5.91 Å². The maximum atomic E-state index is 11.9. The van der Waals surface area contributed by atoms with E-state index in [1.807, 2.05) is 26.0 Å². The number of carbonyl (C=O) groups is 1. The molecule has 0 aliphatic rings. The van der Waals surface area contributed by atoms with E-state index in [2.05, 4.69) is 25.8 Å². The summed E-state index contributed by atoms with van der Waals surface area (Å²) in [6.45, 7) is 4.56. The lowest BCUT2D eigenvalue weighted by Gasteiger charge is -2.15. The summed E-state index contributed by atoms with van der Waals surface area (Å²) in [4.78, 5) is 16.2. The lowest BCUT2D eigenvalue weighted by molar-refractivity contribution is -0.121. The molecule has 0 spiro atoms. The molecule has 20 heavy (non-hydrogen) atoms. The second-order valence-electron chi connectivity index (χ2n) is 4.67. The number of hydrogen-bond donors (Lipinski definition) is 1. The summed E-state index contributed by atoms with van der Waals surface area (Å²) in [5.74, 6) is 0.00984. The summed E-state index contributed by atoms with van der Waals surface area (Å²) in [6, 6.07) is 3.79. The van der Waals surface area contributed by atoms with Crippen LogP contribution in [0.4, 0.5) is 0 Å². The normalized spacial score (nSPS) is 12.1. The average Bonchev–Trinajstić information content (AvgIpc) is 2.92. The standard InChI is InChI=1S/C13H18N6O/c1-10-5-3-7-14-13(10)11(2)16-12(20)6-4-8-19-9-15-17-18-19/h3,5,7,9,11H,4,6,8H2,1-2H3,(H,16,20)/t11-/m0/s1. The van der Waals surface area contributed by atoms with Gasteiger partial charge in [-0.3, -0.25) is 9.78 Å². The zero-order valence-corrected chi connectivity index (χ0v) is 11.7. The zero-order chi connectivity index (χ0) is 14.4. The molecule has 0 aliphatic heterocycles. The van der Waals surface area contributed by atoms with Crippen LogP contribution in [0, 0.1) is 6.92 Å². The van der Waals surface area contributed by atoms with Gasteiger partial charge in [-0.2, -0.15) is 0 Å². The Morgan fingerprint density at radius 3 is 3.05 bits per heavy atom. The molecule has 1 atom stereocenters. The maximum absolute atomic E-state index is 11.9. The molecule has 1 N–H and O–H groups in total. The van der Waals surface area contributed by atoms with Gasteiger partial charge >= 0.3 is 0 Å². The van der Waals surface area contributed by atoms with Gasteiger partial charge in [0, 0.05) is 19.2 Å². The SMILES string of the molecule is Cc1cccnc1[C@H](C)NC(=O)CCCn1cnnn1. The summed E-state index contributed by atoms with van der Waals surface area (Å²) in [6.07, 6.45) is 4.42. The Labute approximate surface area is 117 Å². The minimum Gasteiger partial charge on any atom is -0.348 e. The highest BCUT2D eigenvalue weighted by molar-refractivity contribution is 5.76. The molecular formula is C13H18N6O. The van der Waals surface area contributed by atoms with E-state index in [9.17, 15) is 4.79 Å². The Kier molecular flexibility index (Phi) is 4.75. The summed E-state index contributed by atoms with van der Waals surface area (Å²) in [5, 5.41) is 13.8. The number of rotatable bonds is 6. The first-order valence-electron chi connectivity index (χ1n) is 6.58. The fourth-order valence-electron chi connectivity index (χ4n) is 2.02. The van der Waals surface area contributed by atoms with Crippen molar-refractivity contribution in [1.29, 1.82) is 0 Å². The van der Waals surface area contributed by atoms with Crippen molar-refractivity contribution < 1.29 is 4.79 Å². The largest absolute Gasteiger partial charge is 0.348 e. The molecule has 0 aromatic carbocycles. The van der Waals surface area contributed by atoms with Crippen molar-refractivity contribution in [3.63, 3.8) is 0 Å². The Hall–Kier alpha value is -2.31. The maximum Gasteiger partial charge on any atom is 0.220 e. The first-order valence-corrected chi connectivity index (χ1v) is 6.58. The van der Waals surface area contributed by atoms with Crippen molar-refractivity contribution in [2.75, 3.05) is 0 Å². The highest BCUT2D eigenvalue weighted by Gasteiger charge is 2.12. The number of carbonyl (C=O) groups excluding carboxylic acids is 1. The van der Waals surface area contributed by atoms with Crippen LogP contribution in [0.2, 0.25) is 0 Å². The van der Waals surface area contributed by atoms with E-state index in [0.717, 1.165) is 11.3 Å². The lowest BCUT2D eigenvalue weighted by Crippen LogP contribution is -2.27. The number of aromatic nitrogens is 5. The highest BCUT2D eigenvalue weighted by Crippen LogP contribution is 2.13. The number of nitrogens with one attached hydrogen (secondary N) is 1. The second-order valence-corrected chi connectivity index (χ2v) is 4.67. The number of nitrogens with zero attached hydrogens (tertiary/aromatic N) is 5. The van der Waals surface area contributed by atoms with E-state index < -0.39 is 0 Å².